The number of carboxylic acid groups (broad SMARTS) is 2. The lowest BCUT2D eigenvalue weighted by Gasteiger charge is -2.31. The van der Waals surface area contributed by atoms with E-state index in [1.54, 1.807) is 0 Å². The van der Waals surface area contributed by atoms with Crippen molar-refractivity contribution in [2.75, 3.05) is 0 Å². The lowest BCUT2D eigenvalue weighted by atomic mass is 9.98. The summed E-state index contributed by atoms with van der Waals surface area (Å²) in [5, 5.41) is 13.9. The molecule has 0 saturated heterocycles. The summed E-state index contributed by atoms with van der Waals surface area (Å²) in [6.07, 6.45) is -1.83. The summed E-state index contributed by atoms with van der Waals surface area (Å²) in [7, 11) is 0. The van der Waals surface area contributed by atoms with Crippen molar-refractivity contribution in [1.82, 2.24) is 0 Å². The van der Waals surface area contributed by atoms with Crippen molar-refractivity contribution < 1.29 is 24.8 Å². The highest BCUT2D eigenvalue weighted by Gasteiger charge is 2.29. The van der Waals surface area contributed by atoms with Gasteiger partial charge in [0.1, 0.15) is 11.2 Å². The van der Waals surface area contributed by atoms with Crippen LogP contribution in [0.5, 0.6) is 0 Å². The molecule has 0 aliphatic carbocycles. The van der Waals surface area contributed by atoms with Gasteiger partial charge in [-0.2, -0.15) is 0 Å². The van der Waals surface area contributed by atoms with Crippen LogP contribution in [0.25, 0.3) is 0 Å². The summed E-state index contributed by atoms with van der Waals surface area (Å²) in [5.74, 6) is 0. The number of hydrogen-bond donors (Lipinski definition) is 2. The third-order valence-corrected chi connectivity index (χ3v) is 3.40. The maximum absolute atomic E-state index is 8.56. The van der Waals surface area contributed by atoms with Crippen LogP contribution in [0.2, 0.25) is 0 Å². The van der Waals surface area contributed by atoms with Crippen LogP contribution in [0.15, 0.2) is 60.7 Å². The topological polar surface area (TPSA) is 76.0 Å². The first-order chi connectivity index (χ1) is 11.1. The standard InChI is InChI=1S/C18H22O2.CH2O3/c1-17(2,15-11-7-5-8-12-15)19-20-18(3,4)16-13-9-6-10-14-16;2-1(3)4/h5-14H,1-4H3;(H2,2,3,4). The van der Waals surface area contributed by atoms with Crippen LogP contribution in [-0.2, 0) is 21.0 Å². The van der Waals surface area contributed by atoms with Crippen LogP contribution in [0.3, 0.4) is 0 Å². The Kier molecular flexibility index (Phi) is 6.95. The van der Waals surface area contributed by atoms with Gasteiger partial charge in [-0.1, -0.05) is 60.7 Å². The fourth-order valence-electron chi connectivity index (χ4n) is 1.98. The average molecular weight is 332 g/mol. The quantitative estimate of drug-likeness (QED) is 0.593. The summed E-state index contributed by atoms with van der Waals surface area (Å²) >= 11 is 0. The fraction of sp³-hybridized carbons (Fsp3) is 0.316. The first-order valence-electron chi connectivity index (χ1n) is 7.55. The van der Waals surface area contributed by atoms with Gasteiger partial charge >= 0.3 is 6.16 Å². The fourth-order valence-corrected chi connectivity index (χ4v) is 1.98. The van der Waals surface area contributed by atoms with E-state index in [2.05, 4.69) is 0 Å². The molecule has 0 unspecified atom stereocenters. The molecule has 0 fully saturated rings. The zero-order valence-corrected chi connectivity index (χ0v) is 14.4. The molecule has 2 aromatic rings. The first kappa shape index (κ1) is 19.7. The molecule has 130 valence electrons. The molecule has 24 heavy (non-hydrogen) atoms. The number of carbonyl (C=O) groups is 1. The van der Waals surface area contributed by atoms with Gasteiger partial charge in [0.05, 0.1) is 0 Å². The molecule has 0 atom stereocenters. The normalized spacial score (nSPS) is 11.3. The van der Waals surface area contributed by atoms with Gasteiger partial charge in [-0.25, -0.2) is 14.6 Å². The third-order valence-electron chi connectivity index (χ3n) is 3.40. The van der Waals surface area contributed by atoms with E-state index in [9.17, 15) is 0 Å². The van der Waals surface area contributed by atoms with Gasteiger partial charge in [0, 0.05) is 0 Å². The molecular weight excluding hydrogens is 308 g/mol. The molecule has 2 rings (SSSR count). The molecule has 0 bridgehead atoms. The van der Waals surface area contributed by atoms with Gasteiger partial charge in [0.25, 0.3) is 0 Å². The minimum atomic E-state index is -1.83. The summed E-state index contributed by atoms with van der Waals surface area (Å²) in [4.78, 5) is 20.0. The van der Waals surface area contributed by atoms with Crippen LogP contribution < -0.4 is 0 Å². The molecule has 2 N–H and O–H groups in total. The monoisotopic (exact) mass is 332 g/mol. The minimum Gasteiger partial charge on any atom is -0.450 e. The van der Waals surface area contributed by atoms with E-state index in [-0.39, 0.29) is 0 Å². The first-order valence-corrected chi connectivity index (χ1v) is 7.55. The molecule has 0 heterocycles. The lowest BCUT2D eigenvalue weighted by Crippen LogP contribution is -2.29. The van der Waals surface area contributed by atoms with Crippen molar-refractivity contribution in [2.24, 2.45) is 0 Å². The number of rotatable bonds is 5. The van der Waals surface area contributed by atoms with Gasteiger partial charge < -0.3 is 10.2 Å². The van der Waals surface area contributed by atoms with Crippen LogP contribution in [-0.4, -0.2) is 16.4 Å². The van der Waals surface area contributed by atoms with Crippen LogP contribution >= 0.6 is 0 Å². The summed E-state index contributed by atoms with van der Waals surface area (Å²) < 4.78 is 0. The SMILES string of the molecule is CC(C)(OOC(C)(C)c1ccccc1)c1ccccc1.O=C(O)O. The maximum Gasteiger partial charge on any atom is 0.503 e. The van der Waals surface area contributed by atoms with Crippen molar-refractivity contribution in [3.63, 3.8) is 0 Å². The lowest BCUT2D eigenvalue weighted by molar-refractivity contribution is -0.410. The van der Waals surface area contributed by atoms with Gasteiger partial charge in [-0.15, -0.1) is 0 Å². The number of hydrogen-bond acceptors (Lipinski definition) is 3. The van der Waals surface area contributed by atoms with E-state index < -0.39 is 17.4 Å². The van der Waals surface area contributed by atoms with E-state index >= 15 is 0 Å². The molecule has 0 aliphatic heterocycles. The predicted molar refractivity (Wildman–Crippen MR) is 91.8 cm³/mol. The maximum atomic E-state index is 8.56. The van der Waals surface area contributed by atoms with Crippen LogP contribution in [0.4, 0.5) is 4.79 Å². The average Bonchev–Trinajstić information content (AvgIpc) is 2.54. The van der Waals surface area contributed by atoms with E-state index in [1.807, 2.05) is 88.4 Å². The molecule has 0 aliphatic rings. The van der Waals surface area contributed by atoms with E-state index in [0.717, 1.165) is 11.1 Å². The molecule has 5 nitrogen and oxygen atoms in total. The molecule has 0 saturated carbocycles. The Morgan fingerprint density at radius 1 is 0.708 bits per heavy atom. The Morgan fingerprint density at radius 2 is 0.958 bits per heavy atom. The van der Waals surface area contributed by atoms with Crippen molar-refractivity contribution >= 4 is 6.16 Å². The van der Waals surface area contributed by atoms with Gasteiger partial charge in [-0.3, -0.25) is 0 Å². The summed E-state index contributed by atoms with van der Waals surface area (Å²) in [5.41, 5.74) is 1.19. The third kappa shape index (κ3) is 6.40. The smallest absolute Gasteiger partial charge is 0.450 e. The highest BCUT2D eigenvalue weighted by Crippen LogP contribution is 2.31. The Morgan fingerprint density at radius 3 is 1.21 bits per heavy atom. The van der Waals surface area contributed by atoms with Crippen molar-refractivity contribution in [1.29, 1.82) is 0 Å². The van der Waals surface area contributed by atoms with Crippen LogP contribution in [0, 0.1) is 0 Å². The van der Waals surface area contributed by atoms with Gasteiger partial charge in [0.15, 0.2) is 0 Å². The predicted octanol–water partition coefficient (Wildman–Crippen LogP) is 5.03. The van der Waals surface area contributed by atoms with Crippen molar-refractivity contribution in [3.8, 4) is 0 Å². The van der Waals surface area contributed by atoms with Gasteiger partial charge in [-0.05, 0) is 38.8 Å². The molecule has 0 aromatic heterocycles. The zero-order chi connectivity index (χ0) is 18.2. The Bertz CT molecular complexity index is 565. The largest absolute Gasteiger partial charge is 0.503 e. The molecular formula is C19H24O5. The summed E-state index contributed by atoms with van der Waals surface area (Å²) in [6.45, 7) is 8.01. The van der Waals surface area contributed by atoms with Crippen molar-refractivity contribution in [3.05, 3.63) is 71.8 Å². The Labute approximate surface area is 142 Å². The van der Waals surface area contributed by atoms with E-state index in [1.165, 1.54) is 0 Å². The second-order valence-corrected chi connectivity index (χ2v) is 6.20. The van der Waals surface area contributed by atoms with Gasteiger partial charge in [0.2, 0.25) is 0 Å². The Hall–Kier alpha value is -2.37. The molecule has 0 amide bonds. The van der Waals surface area contributed by atoms with Crippen molar-refractivity contribution in [2.45, 2.75) is 38.9 Å². The second-order valence-electron chi connectivity index (χ2n) is 6.20. The molecule has 0 radical (unpaired) electrons. The highest BCUT2D eigenvalue weighted by molar-refractivity contribution is 5.53. The molecule has 5 heteroatoms. The van der Waals surface area contributed by atoms with E-state index in [0.29, 0.717) is 0 Å². The van der Waals surface area contributed by atoms with Crippen LogP contribution in [0.1, 0.15) is 38.8 Å². The second kappa shape index (κ2) is 8.47. The number of benzene rings is 2. The van der Waals surface area contributed by atoms with E-state index in [4.69, 9.17) is 24.8 Å². The zero-order valence-electron chi connectivity index (χ0n) is 14.4. The molecule has 0 spiro atoms. The Balaban J connectivity index is 0.000000648. The minimum absolute atomic E-state index is 0.493. The molecule has 2 aromatic carbocycles. The summed E-state index contributed by atoms with van der Waals surface area (Å²) in [6, 6.07) is 20.2. The highest BCUT2D eigenvalue weighted by atomic mass is 17.2.